The number of aryl methyl sites for hydroxylation is 1. The van der Waals surface area contributed by atoms with Crippen molar-refractivity contribution in [2.75, 3.05) is 0 Å². The van der Waals surface area contributed by atoms with Crippen LogP contribution in [0.15, 0.2) is 39.6 Å². The van der Waals surface area contributed by atoms with E-state index >= 15 is 0 Å². The Morgan fingerprint density at radius 1 is 1.12 bits per heavy atom. The summed E-state index contributed by atoms with van der Waals surface area (Å²) in [6.45, 7) is 2.83. The summed E-state index contributed by atoms with van der Waals surface area (Å²) in [5.41, 5.74) is -5.92. The topological polar surface area (TPSA) is 106 Å². The van der Waals surface area contributed by atoms with Gasteiger partial charge < -0.3 is 9.15 Å². The standard InChI is InChI=1S/C20H13F4N3O4S/c1-11-16(3-6-19-27-26-12(2)30-19)18(32(28,29)20(22,23)24)5-4-17(11)31-15-8-13(10-25)7-14(21)9-15/h3-9H,1-2H3/b6-3+. The SMILES string of the molecule is Cc1nnc(/C=C/c2c(S(=O)(=O)C(F)(F)F)ccc(Oc3cc(F)cc(C#N)c3)c2C)o1. The van der Waals surface area contributed by atoms with Gasteiger partial charge in [-0.3, -0.25) is 0 Å². The summed E-state index contributed by atoms with van der Waals surface area (Å²) in [5, 5.41) is 16.2. The minimum Gasteiger partial charge on any atom is -0.457 e. The smallest absolute Gasteiger partial charge is 0.457 e. The van der Waals surface area contributed by atoms with Gasteiger partial charge in [-0.05, 0) is 37.3 Å². The van der Waals surface area contributed by atoms with Gasteiger partial charge in [-0.25, -0.2) is 12.8 Å². The Morgan fingerprint density at radius 2 is 1.84 bits per heavy atom. The summed E-state index contributed by atoms with van der Waals surface area (Å²) >= 11 is 0. The van der Waals surface area contributed by atoms with Crippen molar-refractivity contribution in [3.63, 3.8) is 0 Å². The first-order chi connectivity index (χ1) is 14.9. The summed E-state index contributed by atoms with van der Waals surface area (Å²) in [7, 11) is -5.71. The molecule has 1 heterocycles. The first kappa shape index (κ1) is 23.0. The average molecular weight is 467 g/mol. The molecule has 0 aliphatic heterocycles. The van der Waals surface area contributed by atoms with E-state index in [9.17, 15) is 26.0 Å². The van der Waals surface area contributed by atoms with Crippen LogP contribution in [0, 0.1) is 31.0 Å². The maximum absolute atomic E-state index is 13.7. The Morgan fingerprint density at radius 3 is 2.44 bits per heavy atom. The number of nitrogens with zero attached hydrogens (tertiary/aromatic N) is 3. The van der Waals surface area contributed by atoms with Gasteiger partial charge in [0.2, 0.25) is 11.8 Å². The molecule has 3 aromatic rings. The highest BCUT2D eigenvalue weighted by Gasteiger charge is 2.48. The van der Waals surface area contributed by atoms with Gasteiger partial charge in [0.15, 0.2) is 0 Å². The van der Waals surface area contributed by atoms with Gasteiger partial charge in [0, 0.05) is 30.2 Å². The van der Waals surface area contributed by atoms with Gasteiger partial charge in [0.25, 0.3) is 9.84 Å². The lowest BCUT2D eigenvalue weighted by molar-refractivity contribution is -0.0436. The van der Waals surface area contributed by atoms with E-state index in [2.05, 4.69) is 10.2 Å². The molecule has 2 aromatic carbocycles. The van der Waals surface area contributed by atoms with E-state index in [4.69, 9.17) is 14.4 Å². The summed E-state index contributed by atoms with van der Waals surface area (Å²) in [6.07, 6.45) is 2.22. The second-order valence-electron chi connectivity index (χ2n) is 6.43. The number of hydrogen-bond donors (Lipinski definition) is 0. The van der Waals surface area contributed by atoms with Gasteiger partial charge in [-0.15, -0.1) is 10.2 Å². The number of sulfone groups is 1. The molecule has 0 saturated carbocycles. The molecule has 7 nitrogen and oxygen atoms in total. The summed E-state index contributed by atoms with van der Waals surface area (Å²) in [6, 6.07) is 6.65. The van der Waals surface area contributed by atoms with E-state index in [0.717, 1.165) is 36.4 Å². The number of hydrogen-bond acceptors (Lipinski definition) is 7. The van der Waals surface area contributed by atoms with Crippen LogP contribution in [-0.4, -0.2) is 24.1 Å². The summed E-state index contributed by atoms with van der Waals surface area (Å²) < 4.78 is 88.2. The number of benzene rings is 2. The second-order valence-corrected chi connectivity index (χ2v) is 8.34. The molecule has 0 aliphatic rings. The Hall–Kier alpha value is -3.72. The minimum absolute atomic E-state index is 0.00517. The van der Waals surface area contributed by atoms with E-state index in [1.54, 1.807) is 6.07 Å². The van der Waals surface area contributed by atoms with Crippen molar-refractivity contribution >= 4 is 22.0 Å². The Kier molecular flexibility index (Phi) is 6.05. The van der Waals surface area contributed by atoms with Crippen LogP contribution in [0.1, 0.15) is 28.5 Å². The lowest BCUT2D eigenvalue weighted by Crippen LogP contribution is -2.24. The summed E-state index contributed by atoms with van der Waals surface area (Å²) in [5.74, 6) is -0.784. The van der Waals surface area contributed by atoms with Crippen LogP contribution >= 0.6 is 0 Å². The molecule has 0 atom stereocenters. The van der Waals surface area contributed by atoms with Crippen molar-refractivity contribution in [3.8, 4) is 17.6 Å². The number of ether oxygens (including phenoxy) is 1. The van der Waals surface area contributed by atoms with Crippen molar-refractivity contribution in [1.82, 2.24) is 10.2 Å². The molecule has 0 radical (unpaired) electrons. The molecule has 0 saturated heterocycles. The van der Waals surface area contributed by atoms with Crippen molar-refractivity contribution in [3.05, 3.63) is 64.6 Å². The van der Waals surface area contributed by atoms with Crippen molar-refractivity contribution in [2.24, 2.45) is 0 Å². The fraction of sp³-hybridized carbons (Fsp3) is 0.150. The van der Waals surface area contributed by atoms with Crippen LogP contribution in [0.4, 0.5) is 17.6 Å². The Balaban J connectivity index is 2.15. The van der Waals surface area contributed by atoms with E-state index in [0.29, 0.717) is 0 Å². The molecule has 0 amide bonds. The maximum Gasteiger partial charge on any atom is 0.501 e. The normalized spacial score (nSPS) is 12.2. The van der Waals surface area contributed by atoms with Gasteiger partial charge >= 0.3 is 5.51 Å². The van der Waals surface area contributed by atoms with E-state index < -0.39 is 26.1 Å². The zero-order chi connectivity index (χ0) is 23.7. The molecule has 12 heteroatoms. The van der Waals surface area contributed by atoms with Crippen LogP contribution in [0.2, 0.25) is 0 Å². The van der Waals surface area contributed by atoms with Crippen molar-refractivity contribution in [2.45, 2.75) is 24.3 Å². The number of rotatable bonds is 5. The summed E-state index contributed by atoms with van der Waals surface area (Å²) in [4.78, 5) is -1.01. The number of halogens is 4. The monoisotopic (exact) mass is 467 g/mol. The first-order valence-corrected chi connectivity index (χ1v) is 10.2. The maximum atomic E-state index is 13.7. The molecule has 166 valence electrons. The Labute approximate surface area is 179 Å². The highest BCUT2D eigenvalue weighted by atomic mass is 32.2. The number of nitriles is 1. The predicted octanol–water partition coefficient (Wildman–Crippen LogP) is 4.95. The molecule has 32 heavy (non-hydrogen) atoms. The van der Waals surface area contributed by atoms with Gasteiger partial charge in [-0.1, -0.05) is 0 Å². The molecule has 0 spiro atoms. The lowest BCUT2D eigenvalue weighted by Gasteiger charge is -2.16. The average Bonchev–Trinajstić information content (AvgIpc) is 3.12. The molecule has 1 aromatic heterocycles. The Bertz CT molecular complexity index is 1360. The largest absolute Gasteiger partial charge is 0.501 e. The fourth-order valence-electron chi connectivity index (χ4n) is 2.71. The third-order valence-electron chi connectivity index (χ3n) is 4.18. The predicted molar refractivity (Wildman–Crippen MR) is 104 cm³/mol. The highest BCUT2D eigenvalue weighted by Crippen LogP contribution is 2.38. The lowest BCUT2D eigenvalue weighted by atomic mass is 10.1. The minimum atomic E-state index is -5.71. The van der Waals surface area contributed by atoms with E-state index in [-0.39, 0.29) is 40.0 Å². The molecule has 0 unspecified atom stereocenters. The molecular weight excluding hydrogens is 454 g/mol. The van der Waals surface area contributed by atoms with Crippen LogP contribution in [0.5, 0.6) is 11.5 Å². The molecule has 0 aliphatic carbocycles. The first-order valence-electron chi connectivity index (χ1n) is 8.74. The third kappa shape index (κ3) is 4.62. The zero-order valence-electron chi connectivity index (χ0n) is 16.4. The molecule has 0 bridgehead atoms. The van der Waals surface area contributed by atoms with Crippen LogP contribution in [-0.2, 0) is 9.84 Å². The highest BCUT2D eigenvalue weighted by molar-refractivity contribution is 7.92. The number of aromatic nitrogens is 2. The zero-order valence-corrected chi connectivity index (χ0v) is 17.3. The van der Waals surface area contributed by atoms with Gasteiger partial charge in [-0.2, -0.15) is 18.4 Å². The molecular formula is C20H13F4N3O4S. The molecule has 3 rings (SSSR count). The van der Waals surface area contributed by atoms with E-state index in [1.165, 1.54) is 19.9 Å². The van der Waals surface area contributed by atoms with Crippen LogP contribution in [0.25, 0.3) is 12.2 Å². The second kappa shape index (κ2) is 8.43. The third-order valence-corrected chi connectivity index (χ3v) is 5.73. The van der Waals surface area contributed by atoms with Gasteiger partial charge in [0.05, 0.1) is 16.5 Å². The number of alkyl halides is 3. The quantitative estimate of drug-likeness (QED) is 0.489. The van der Waals surface area contributed by atoms with E-state index in [1.807, 2.05) is 0 Å². The van der Waals surface area contributed by atoms with Gasteiger partial charge in [0.1, 0.15) is 17.3 Å². The molecule has 0 N–H and O–H groups in total. The molecule has 0 fully saturated rings. The van der Waals surface area contributed by atoms with Crippen molar-refractivity contribution < 1.29 is 35.1 Å². The fourth-order valence-corrected chi connectivity index (χ4v) is 3.71. The van der Waals surface area contributed by atoms with Crippen LogP contribution < -0.4 is 4.74 Å². The van der Waals surface area contributed by atoms with Crippen LogP contribution in [0.3, 0.4) is 0 Å². The van der Waals surface area contributed by atoms with Crippen molar-refractivity contribution in [1.29, 1.82) is 5.26 Å².